The van der Waals surface area contributed by atoms with Gasteiger partial charge in [-0.3, -0.25) is 14.9 Å². The number of aliphatic imine (C=N–C) groups is 1. The van der Waals surface area contributed by atoms with Gasteiger partial charge in [0.05, 0.1) is 5.69 Å². The number of rotatable bonds is 6. The Morgan fingerprint density at radius 3 is 2.67 bits per heavy atom. The summed E-state index contributed by atoms with van der Waals surface area (Å²) in [5, 5.41) is 14.1. The van der Waals surface area contributed by atoms with Crippen molar-refractivity contribution in [3.8, 4) is 0 Å². The van der Waals surface area contributed by atoms with E-state index in [9.17, 15) is 4.79 Å². The molecule has 7 heteroatoms. The summed E-state index contributed by atoms with van der Waals surface area (Å²) in [4.78, 5) is 19.1. The van der Waals surface area contributed by atoms with Crippen molar-refractivity contribution in [2.24, 2.45) is 15.5 Å². The lowest BCUT2D eigenvalue weighted by atomic mass is 9.76. The van der Waals surface area contributed by atoms with E-state index >= 15 is 0 Å². The molecule has 0 radical (unpaired) electrons. The molecule has 1 aromatic carbocycles. The van der Waals surface area contributed by atoms with Crippen LogP contribution in [0.1, 0.15) is 55.2 Å². The summed E-state index contributed by atoms with van der Waals surface area (Å²) in [6.45, 7) is 8.50. The normalized spacial score (nSPS) is 18.9. The van der Waals surface area contributed by atoms with Gasteiger partial charge in [-0.15, -0.1) is 0 Å². The zero-order valence-electron chi connectivity index (χ0n) is 19.9. The summed E-state index contributed by atoms with van der Waals surface area (Å²) in [7, 11) is 3.48. The number of dihydropyridines is 1. The number of aromatic nitrogens is 2. The number of hydrogen-bond donors (Lipinski definition) is 1. The maximum atomic E-state index is 13.0. The Morgan fingerprint density at radius 2 is 2.03 bits per heavy atom. The third kappa shape index (κ3) is 4.82. The summed E-state index contributed by atoms with van der Waals surface area (Å²) in [6.07, 6.45) is 9.25. The number of likely N-dealkylation sites (N-methyl/N-ethyl adjacent to an activating group) is 1. The Hall–Kier alpha value is -3.48. The quantitative estimate of drug-likeness (QED) is 0.672. The minimum atomic E-state index is -0.603. The predicted octanol–water partition coefficient (Wildman–Crippen LogP) is 4.37. The Morgan fingerprint density at radius 1 is 1.27 bits per heavy atom. The summed E-state index contributed by atoms with van der Waals surface area (Å²) < 4.78 is 0. The molecule has 172 valence electrons. The highest BCUT2D eigenvalue weighted by Crippen LogP contribution is 2.36. The number of fused-ring (bicyclic) bond motifs is 1. The van der Waals surface area contributed by atoms with Crippen LogP contribution >= 0.6 is 0 Å². The molecule has 1 aliphatic heterocycles. The van der Waals surface area contributed by atoms with Gasteiger partial charge in [-0.25, -0.2) is 4.99 Å². The summed E-state index contributed by atoms with van der Waals surface area (Å²) in [5.41, 5.74) is 5.71. The molecule has 0 fully saturated rings. The first-order valence-corrected chi connectivity index (χ1v) is 11.3. The first-order chi connectivity index (χ1) is 15.8. The Balaban J connectivity index is 1.56. The fourth-order valence-electron chi connectivity index (χ4n) is 4.39. The van der Waals surface area contributed by atoms with E-state index in [0.717, 1.165) is 36.1 Å². The van der Waals surface area contributed by atoms with Crippen LogP contribution in [0.15, 0.2) is 59.3 Å². The molecule has 7 nitrogen and oxygen atoms in total. The van der Waals surface area contributed by atoms with Crippen LogP contribution in [0.2, 0.25) is 0 Å². The van der Waals surface area contributed by atoms with Crippen molar-refractivity contribution in [3.63, 3.8) is 0 Å². The number of allylic oxidation sites excluding steroid dienone is 1. The molecule has 0 saturated carbocycles. The summed E-state index contributed by atoms with van der Waals surface area (Å²) >= 11 is 0. The zero-order valence-corrected chi connectivity index (χ0v) is 19.9. The van der Waals surface area contributed by atoms with Crippen molar-refractivity contribution in [1.29, 1.82) is 0 Å². The van der Waals surface area contributed by atoms with Crippen LogP contribution in [-0.4, -0.2) is 52.2 Å². The molecule has 2 aromatic rings. The van der Waals surface area contributed by atoms with Gasteiger partial charge in [-0.05, 0) is 30.2 Å². The van der Waals surface area contributed by atoms with E-state index in [-0.39, 0.29) is 5.91 Å². The maximum absolute atomic E-state index is 13.0. The number of carbonyl (C=O) groups is 1. The van der Waals surface area contributed by atoms with Gasteiger partial charge in [-0.2, -0.15) is 10.2 Å². The number of hydrogen-bond acceptors (Lipinski definition) is 4. The van der Waals surface area contributed by atoms with Crippen LogP contribution in [0.5, 0.6) is 0 Å². The SMILES string of the molecule is C=CN(/N=C1\CC=C(c2n[nH]c3c2CCC(C)(C)C3)C=N1)C(C(=O)N(C)C)c1ccccc1. The van der Waals surface area contributed by atoms with E-state index in [1.54, 1.807) is 30.2 Å². The monoisotopic (exact) mass is 444 g/mol. The molecule has 1 unspecified atom stereocenters. The molecule has 2 aliphatic rings. The van der Waals surface area contributed by atoms with Gasteiger partial charge in [0, 0.05) is 49.8 Å². The van der Waals surface area contributed by atoms with Crippen molar-refractivity contribution in [2.75, 3.05) is 14.1 Å². The number of H-pyrrole nitrogens is 1. The minimum Gasteiger partial charge on any atom is -0.347 e. The Bertz CT molecular complexity index is 1120. The number of aromatic amines is 1. The predicted molar refractivity (Wildman–Crippen MR) is 133 cm³/mol. The molecule has 4 rings (SSSR count). The molecule has 1 aromatic heterocycles. The first-order valence-electron chi connectivity index (χ1n) is 11.3. The molecule has 1 amide bonds. The fraction of sp³-hybridized carbons (Fsp3) is 0.385. The van der Waals surface area contributed by atoms with Crippen molar-refractivity contribution in [2.45, 2.75) is 45.6 Å². The lowest BCUT2D eigenvalue weighted by molar-refractivity contribution is -0.133. The van der Waals surface area contributed by atoms with E-state index in [1.807, 2.05) is 36.5 Å². The first kappa shape index (κ1) is 22.7. The van der Waals surface area contributed by atoms with E-state index in [0.29, 0.717) is 17.7 Å². The highest BCUT2D eigenvalue weighted by atomic mass is 16.2. The molecular formula is C26H32N6O. The number of nitrogens with one attached hydrogen (secondary N) is 1. The van der Waals surface area contributed by atoms with E-state index < -0.39 is 6.04 Å². The second-order valence-electron chi connectivity index (χ2n) is 9.62. The van der Waals surface area contributed by atoms with Crippen molar-refractivity contribution in [3.05, 3.63) is 71.7 Å². The average Bonchev–Trinajstić information content (AvgIpc) is 3.21. The van der Waals surface area contributed by atoms with Gasteiger partial charge in [0.2, 0.25) is 0 Å². The number of carbonyl (C=O) groups excluding carboxylic acids is 1. The Kier molecular flexibility index (Phi) is 6.31. The molecule has 2 heterocycles. The molecule has 0 bridgehead atoms. The molecule has 1 aliphatic carbocycles. The number of nitrogens with zero attached hydrogens (tertiary/aromatic N) is 5. The second-order valence-corrected chi connectivity index (χ2v) is 9.62. The molecular weight excluding hydrogens is 412 g/mol. The van der Waals surface area contributed by atoms with Crippen LogP contribution in [0.4, 0.5) is 0 Å². The maximum Gasteiger partial charge on any atom is 0.251 e. The number of benzene rings is 1. The standard InChI is InChI=1S/C26H32N6O/c1-6-32(24(25(33)31(4)5)18-10-8-7-9-11-18)30-22-13-12-19(17-27-22)23-20-14-15-26(2,3)16-21(20)28-29-23/h6-12,17,24H,1,13-16H2,2-5H3,(H,28,29)/b30-22+. The second kappa shape index (κ2) is 9.17. The average molecular weight is 445 g/mol. The Labute approximate surface area is 195 Å². The van der Waals surface area contributed by atoms with Crippen LogP contribution in [0, 0.1) is 5.41 Å². The molecule has 1 atom stereocenters. The van der Waals surface area contributed by atoms with E-state index in [1.165, 1.54) is 11.3 Å². The summed E-state index contributed by atoms with van der Waals surface area (Å²) in [6, 6.07) is 9.00. The van der Waals surface area contributed by atoms with Gasteiger partial charge in [0.1, 0.15) is 0 Å². The van der Waals surface area contributed by atoms with Crippen molar-refractivity contribution >= 4 is 23.5 Å². The zero-order chi connectivity index (χ0) is 23.6. The molecule has 0 spiro atoms. The topological polar surface area (TPSA) is 77.0 Å². The van der Waals surface area contributed by atoms with Crippen LogP contribution in [0.25, 0.3) is 5.57 Å². The number of amides is 1. The number of hydrazone groups is 1. The molecule has 1 N–H and O–H groups in total. The lowest BCUT2D eigenvalue weighted by Gasteiger charge is -2.29. The highest BCUT2D eigenvalue weighted by Gasteiger charge is 2.30. The van der Waals surface area contributed by atoms with Crippen LogP contribution < -0.4 is 0 Å². The third-order valence-corrected chi connectivity index (χ3v) is 6.26. The lowest BCUT2D eigenvalue weighted by Crippen LogP contribution is -2.35. The van der Waals surface area contributed by atoms with Crippen molar-refractivity contribution < 1.29 is 4.79 Å². The fourth-order valence-corrected chi connectivity index (χ4v) is 4.39. The van der Waals surface area contributed by atoms with Gasteiger partial charge in [-0.1, -0.05) is 56.8 Å². The van der Waals surface area contributed by atoms with Crippen LogP contribution in [0.3, 0.4) is 0 Å². The van der Waals surface area contributed by atoms with Crippen molar-refractivity contribution in [1.82, 2.24) is 20.1 Å². The summed E-state index contributed by atoms with van der Waals surface area (Å²) in [5.74, 6) is 0.546. The van der Waals surface area contributed by atoms with Crippen LogP contribution in [-0.2, 0) is 17.6 Å². The molecule has 33 heavy (non-hydrogen) atoms. The largest absolute Gasteiger partial charge is 0.347 e. The number of amidine groups is 1. The molecule has 0 saturated heterocycles. The highest BCUT2D eigenvalue weighted by molar-refractivity contribution is 6.16. The van der Waals surface area contributed by atoms with Gasteiger partial charge in [0.25, 0.3) is 5.91 Å². The van der Waals surface area contributed by atoms with E-state index in [2.05, 4.69) is 46.8 Å². The van der Waals surface area contributed by atoms with Gasteiger partial charge in [0.15, 0.2) is 11.9 Å². The van der Waals surface area contributed by atoms with E-state index in [4.69, 9.17) is 0 Å². The smallest absolute Gasteiger partial charge is 0.251 e. The van der Waals surface area contributed by atoms with Gasteiger partial charge >= 0.3 is 0 Å². The third-order valence-electron chi connectivity index (χ3n) is 6.26. The van der Waals surface area contributed by atoms with Gasteiger partial charge < -0.3 is 4.90 Å². The minimum absolute atomic E-state index is 0.0763.